The summed E-state index contributed by atoms with van der Waals surface area (Å²) in [5.74, 6) is -1.81. The third-order valence-corrected chi connectivity index (χ3v) is 6.30. The van der Waals surface area contributed by atoms with E-state index in [0.29, 0.717) is 9.58 Å². The lowest BCUT2D eigenvalue weighted by Crippen LogP contribution is -2.14. The predicted octanol–water partition coefficient (Wildman–Crippen LogP) is 4.85. The van der Waals surface area contributed by atoms with Crippen LogP contribution in [0.1, 0.15) is 21.2 Å². The number of fused-ring (bicyclic) bond motifs is 1. The maximum Gasteiger partial charge on any atom is 0.451 e. The Bertz CT molecular complexity index is 827. The molecular formula is C12H5BrF3N2OS2+. The lowest BCUT2D eigenvalue weighted by atomic mass is 10.2. The van der Waals surface area contributed by atoms with Crippen LogP contribution in [0.4, 0.5) is 13.2 Å². The second-order valence-electron chi connectivity index (χ2n) is 4.00. The number of ketones is 1. The molecule has 0 spiro atoms. The largest absolute Gasteiger partial charge is 0.451 e. The summed E-state index contributed by atoms with van der Waals surface area (Å²) in [6.45, 7) is 0. The van der Waals surface area contributed by atoms with E-state index >= 15 is 0 Å². The van der Waals surface area contributed by atoms with Crippen molar-refractivity contribution in [2.75, 3.05) is 0 Å². The van der Waals surface area contributed by atoms with Gasteiger partial charge in [-0.05, 0) is 11.4 Å². The zero-order valence-electron chi connectivity index (χ0n) is 10.0. The molecule has 0 amide bonds. The number of thiophene rings is 2. The molecule has 3 aromatic rings. The number of halogens is 4. The number of rotatable bonds is 2. The number of hydrogen-bond donors (Lipinski definition) is 0. The Balaban J connectivity index is 2.29. The number of alkyl halides is 3. The van der Waals surface area contributed by atoms with Gasteiger partial charge in [0.25, 0.3) is 14.8 Å². The molecule has 0 bridgehead atoms. The second-order valence-corrected chi connectivity index (χ2v) is 8.29. The van der Waals surface area contributed by atoms with Crippen LogP contribution in [0.5, 0.6) is 0 Å². The summed E-state index contributed by atoms with van der Waals surface area (Å²) in [6, 6.07) is 4.69. The lowest BCUT2D eigenvalue weighted by molar-refractivity contribution is -0.144. The Labute approximate surface area is 130 Å². The lowest BCUT2D eigenvalue weighted by Gasteiger charge is -2.05. The van der Waals surface area contributed by atoms with Crippen LogP contribution < -0.4 is 0 Å². The Hall–Kier alpha value is -1.32. The summed E-state index contributed by atoms with van der Waals surface area (Å²) in [6.07, 6.45) is -4.69. The monoisotopic (exact) mass is 393 g/mol. The van der Waals surface area contributed by atoms with Gasteiger partial charge in [0.2, 0.25) is 16.3 Å². The zero-order valence-corrected chi connectivity index (χ0v) is 13.2. The summed E-state index contributed by atoms with van der Waals surface area (Å²) < 4.78 is 39.0. The maximum atomic E-state index is 12.9. The van der Waals surface area contributed by atoms with E-state index in [-0.39, 0.29) is 11.2 Å². The van der Waals surface area contributed by atoms with Gasteiger partial charge in [0.05, 0.1) is 13.8 Å². The second kappa shape index (κ2) is 5.15. The van der Waals surface area contributed by atoms with Crippen molar-refractivity contribution in [2.24, 2.45) is 0 Å². The first-order valence-electron chi connectivity index (χ1n) is 5.53. The van der Waals surface area contributed by atoms with Crippen molar-refractivity contribution in [3.8, 4) is 0 Å². The summed E-state index contributed by atoms with van der Waals surface area (Å²) in [4.78, 5) is 19.7. The van der Waals surface area contributed by atoms with Crippen molar-refractivity contribution in [1.82, 2.24) is 9.97 Å². The van der Waals surface area contributed by atoms with E-state index in [4.69, 9.17) is 0 Å². The first-order chi connectivity index (χ1) is 9.88. The van der Waals surface area contributed by atoms with Gasteiger partial charge in [-0.2, -0.15) is 13.2 Å². The molecule has 3 heterocycles. The van der Waals surface area contributed by atoms with Crippen LogP contribution in [0, 0.1) is 0 Å². The molecule has 0 aliphatic rings. The SMILES string of the molecule is O=C(c1cccs1)c1nc(C(F)(F)F)nc2cc[s+](Br)c12. The quantitative estimate of drug-likeness (QED) is 0.461. The van der Waals surface area contributed by atoms with Gasteiger partial charge in [0.15, 0.2) is 11.1 Å². The van der Waals surface area contributed by atoms with Crippen LogP contribution in [0.25, 0.3) is 10.2 Å². The summed E-state index contributed by atoms with van der Waals surface area (Å²) in [5, 5.41) is 3.34. The van der Waals surface area contributed by atoms with Gasteiger partial charge in [-0.1, -0.05) is 6.07 Å². The van der Waals surface area contributed by atoms with Crippen LogP contribution >= 0.6 is 35.1 Å². The Morgan fingerprint density at radius 3 is 2.67 bits per heavy atom. The van der Waals surface area contributed by atoms with Gasteiger partial charge >= 0.3 is 6.18 Å². The summed E-state index contributed by atoms with van der Waals surface area (Å²) in [5.41, 5.74) is -0.0579. The van der Waals surface area contributed by atoms with Crippen LogP contribution in [0.3, 0.4) is 0 Å². The van der Waals surface area contributed by atoms with Gasteiger partial charge in [-0.3, -0.25) is 4.79 Å². The molecule has 0 aliphatic heterocycles. The van der Waals surface area contributed by atoms with Gasteiger partial charge < -0.3 is 0 Å². The van der Waals surface area contributed by atoms with Gasteiger partial charge in [0.1, 0.15) is 5.52 Å². The topological polar surface area (TPSA) is 42.9 Å². The fourth-order valence-corrected chi connectivity index (χ4v) is 4.74. The third-order valence-electron chi connectivity index (χ3n) is 2.65. The standard InChI is InChI=1S/C12H5BrF3N2OS2/c13-21-5-3-6-10(21)8(9(19)7-2-1-4-20-7)18-11(17-6)12(14,15)16/h1-5H/q+1. The minimum atomic E-state index is -4.69. The molecule has 0 radical (unpaired) electrons. The fourth-order valence-electron chi connectivity index (χ4n) is 1.77. The Morgan fingerprint density at radius 2 is 2.05 bits per heavy atom. The molecule has 1 atom stereocenters. The van der Waals surface area contributed by atoms with E-state index in [1.54, 1.807) is 22.9 Å². The van der Waals surface area contributed by atoms with Gasteiger partial charge in [-0.25, -0.2) is 9.97 Å². The molecule has 0 aliphatic carbocycles. The van der Waals surface area contributed by atoms with Crippen molar-refractivity contribution < 1.29 is 18.0 Å². The predicted molar refractivity (Wildman–Crippen MR) is 79.1 cm³/mol. The van der Waals surface area contributed by atoms with E-state index in [9.17, 15) is 18.0 Å². The average Bonchev–Trinajstić information content (AvgIpc) is 3.06. The molecule has 9 heteroatoms. The van der Waals surface area contributed by atoms with Crippen molar-refractivity contribution >= 4 is 51.1 Å². The smallest absolute Gasteiger partial charge is 0.286 e. The number of carbonyl (C=O) groups is 1. The van der Waals surface area contributed by atoms with Crippen molar-refractivity contribution in [2.45, 2.75) is 6.18 Å². The highest BCUT2D eigenvalue weighted by Crippen LogP contribution is 2.40. The van der Waals surface area contributed by atoms with E-state index < -0.39 is 26.7 Å². The molecule has 3 nitrogen and oxygen atoms in total. The van der Waals surface area contributed by atoms with Crippen LogP contribution in [0.15, 0.2) is 29.0 Å². The fraction of sp³-hybridized carbons (Fsp3) is 0.0833. The molecule has 0 saturated carbocycles. The molecule has 0 saturated heterocycles. The zero-order chi connectivity index (χ0) is 15.2. The summed E-state index contributed by atoms with van der Waals surface area (Å²) >= 11 is 4.49. The minimum Gasteiger partial charge on any atom is -0.286 e. The number of aromatic nitrogens is 2. The average molecular weight is 394 g/mol. The van der Waals surface area contributed by atoms with E-state index in [1.165, 1.54) is 6.07 Å². The first-order valence-corrected chi connectivity index (χ1v) is 9.54. The molecule has 108 valence electrons. The highest BCUT2D eigenvalue weighted by molar-refractivity contribution is 9.34. The van der Waals surface area contributed by atoms with Crippen molar-refractivity contribution in [3.63, 3.8) is 0 Å². The molecule has 0 N–H and O–H groups in total. The van der Waals surface area contributed by atoms with Gasteiger partial charge in [0, 0.05) is 6.07 Å². The number of nitrogens with zero attached hydrogens (tertiary/aromatic N) is 2. The van der Waals surface area contributed by atoms with Crippen LogP contribution in [-0.4, -0.2) is 15.8 Å². The Kier molecular flexibility index (Phi) is 3.58. The third kappa shape index (κ3) is 2.60. The van der Waals surface area contributed by atoms with Crippen LogP contribution in [0.2, 0.25) is 0 Å². The molecule has 0 aromatic carbocycles. The minimum absolute atomic E-state index is 0.137. The first kappa shape index (κ1) is 14.6. The number of hydrogen-bond acceptors (Lipinski definition) is 4. The van der Waals surface area contributed by atoms with E-state index in [2.05, 4.69) is 24.8 Å². The van der Waals surface area contributed by atoms with E-state index in [1.807, 2.05) is 0 Å². The number of carbonyl (C=O) groups excluding carboxylic acids is 1. The molecule has 1 unspecified atom stereocenters. The highest BCUT2D eigenvalue weighted by atomic mass is 79.9. The van der Waals surface area contributed by atoms with Crippen LogP contribution in [-0.2, 0) is 6.18 Å². The molecular weight excluding hydrogens is 389 g/mol. The summed E-state index contributed by atoms with van der Waals surface area (Å²) in [7, 11) is -0.653. The van der Waals surface area contributed by atoms with Crippen molar-refractivity contribution in [1.29, 1.82) is 0 Å². The Morgan fingerprint density at radius 1 is 1.29 bits per heavy atom. The van der Waals surface area contributed by atoms with E-state index in [0.717, 1.165) is 11.3 Å². The van der Waals surface area contributed by atoms with Crippen molar-refractivity contribution in [3.05, 3.63) is 45.4 Å². The normalized spacial score (nSPS) is 12.9. The molecule has 0 fully saturated rings. The maximum absolute atomic E-state index is 12.9. The molecule has 21 heavy (non-hydrogen) atoms. The molecule has 3 rings (SSSR count). The molecule has 3 aromatic heterocycles. The highest BCUT2D eigenvalue weighted by Gasteiger charge is 2.38. The van der Waals surface area contributed by atoms with Gasteiger partial charge in [-0.15, -0.1) is 11.3 Å².